The molecule has 0 atom stereocenters. The molecule has 2 heterocycles. The Morgan fingerprint density at radius 2 is 2.14 bits per heavy atom. The van der Waals surface area contributed by atoms with Crippen LogP contribution in [-0.4, -0.2) is 34.2 Å². The van der Waals surface area contributed by atoms with Gasteiger partial charge in [0.05, 0.1) is 5.02 Å². The second kappa shape index (κ2) is 5.69. The quantitative estimate of drug-likeness (QED) is 0.546. The molecule has 6 heteroatoms. The van der Waals surface area contributed by atoms with Crippen molar-refractivity contribution >= 4 is 23.2 Å². The Morgan fingerprint density at radius 3 is 2.86 bits per heavy atom. The standard InChI is InChI=1S/C16H14ClN3O2/c1-19(2)8-7-13(21)15-14(11-5-3-4-6-12(11)17)18-16-20(15)9-10-22-16/h3-10H,1-2H3/b8-7+. The molecule has 0 amide bonds. The van der Waals surface area contributed by atoms with Gasteiger partial charge in [0.1, 0.15) is 17.7 Å². The van der Waals surface area contributed by atoms with Gasteiger partial charge in [-0.3, -0.25) is 9.20 Å². The molecule has 112 valence electrons. The molecule has 22 heavy (non-hydrogen) atoms. The zero-order valence-corrected chi connectivity index (χ0v) is 12.9. The smallest absolute Gasteiger partial charge is 0.306 e. The minimum absolute atomic E-state index is 0.169. The first-order chi connectivity index (χ1) is 10.6. The van der Waals surface area contributed by atoms with E-state index in [1.165, 1.54) is 12.3 Å². The summed E-state index contributed by atoms with van der Waals surface area (Å²) >= 11 is 6.24. The molecule has 0 saturated carbocycles. The van der Waals surface area contributed by atoms with Crippen LogP contribution in [0.2, 0.25) is 5.02 Å². The average Bonchev–Trinajstić information content (AvgIpc) is 3.05. The lowest BCUT2D eigenvalue weighted by Crippen LogP contribution is -2.05. The maximum Gasteiger partial charge on any atom is 0.306 e. The number of hydrogen-bond donors (Lipinski definition) is 0. The number of hydrogen-bond acceptors (Lipinski definition) is 4. The lowest BCUT2D eigenvalue weighted by atomic mass is 10.1. The highest BCUT2D eigenvalue weighted by Gasteiger charge is 2.21. The van der Waals surface area contributed by atoms with E-state index in [4.69, 9.17) is 16.0 Å². The average molecular weight is 316 g/mol. The summed E-state index contributed by atoms with van der Waals surface area (Å²) in [6.07, 6.45) is 6.35. The van der Waals surface area contributed by atoms with Crippen LogP contribution >= 0.6 is 11.6 Å². The first kappa shape index (κ1) is 14.4. The molecule has 0 spiro atoms. The van der Waals surface area contributed by atoms with E-state index in [-0.39, 0.29) is 5.78 Å². The number of fused-ring (bicyclic) bond motifs is 1. The predicted octanol–water partition coefficient (Wildman–Crippen LogP) is 3.51. The molecule has 5 nitrogen and oxygen atoms in total. The van der Waals surface area contributed by atoms with E-state index in [1.54, 1.807) is 27.8 Å². The van der Waals surface area contributed by atoms with Crippen molar-refractivity contribution in [3.05, 3.63) is 59.7 Å². The first-order valence-corrected chi connectivity index (χ1v) is 7.05. The van der Waals surface area contributed by atoms with Crippen LogP contribution in [0.4, 0.5) is 0 Å². The lowest BCUT2D eigenvalue weighted by Gasteiger charge is -2.05. The Hall–Kier alpha value is -2.53. The molecule has 1 aromatic carbocycles. The van der Waals surface area contributed by atoms with Crippen LogP contribution < -0.4 is 0 Å². The minimum Gasteiger partial charge on any atom is -0.432 e. The summed E-state index contributed by atoms with van der Waals surface area (Å²) in [5.41, 5.74) is 1.64. The van der Waals surface area contributed by atoms with Gasteiger partial charge in [0.15, 0.2) is 0 Å². The summed E-state index contributed by atoms with van der Waals surface area (Å²) in [6.45, 7) is 0. The molecule has 0 bridgehead atoms. The zero-order valence-electron chi connectivity index (χ0n) is 12.2. The van der Waals surface area contributed by atoms with Crippen molar-refractivity contribution in [2.45, 2.75) is 0 Å². The van der Waals surface area contributed by atoms with Crippen LogP contribution in [0.25, 0.3) is 17.1 Å². The number of nitrogens with zero attached hydrogens (tertiary/aromatic N) is 3. The number of carbonyl (C=O) groups is 1. The predicted molar refractivity (Wildman–Crippen MR) is 85.1 cm³/mol. The molecule has 0 aliphatic heterocycles. The number of benzene rings is 1. The van der Waals surface area contributed by atoms with E-state index in [0.29, 0.717) is 27.8 Å². The van der Waals surface area contributed by atoms with E-state index in [2.05, 4.69) is 4.98 Å². The Kier molecular flexibility index (Phi) is 3.73. The van der Waals surface area contributed by atoms with Crippen molar-refractivity contribution in [2.24, 2.45) is 0 Å². The van der Waals surface area contributed by atoms with Crippen LogP contribution in [-0.2, 0) is 0 Å². The third-order valence-electron chi connectivity index (χ3n) is 3.15. The van der Waals surface area contributed by atoms with Gasteiger partial charge in [-0.25, -0.2) is 0 Å². The Balaban J connectivity index is 2.19. The van der Waals surface area contributed by atoms with E-state index >= 15 is 0 Å². The molecule has 0 fully saturated rings. The fraction of sp³-hybridized carbons (Fsp3) is 0.125. The summed E-state index contributed by atoms with van der Waals surface area (Å²) in [5, 5.41) is 0.536. The van der Waals surface area contributed by atoms with Gasteiger partial charge in [0.25, 0.3) is 0 Å². The number of oxazole rings is 1. The van der Waals surface area contributed by atoms with Gasteiger partial charge >= 0.3 is 5.84 Å². The fourth-order valence-electron chi connectivity index (χ4n) is 2.16. The van der Waals surface area contributed by atoms with Gasteiger partial charge in [-0.05, 0) is 6.07 Å². The van der Waals surface area contributed by atoms with E-state index in [9.17, 15) is 4.79 Å². The van der Waals surface area contributed by atoms with Crippen molar-refractivity contribution in [3.8, 4) is 11.3 Å². The van der Waals surface area contributed by atoms with Crippen molar-refractivity contribution in [3.63, 3.8) is 0 Å². The Bertz CT molecular complexity index is 861. The first-order valence-electron chi connectivity index (χ1n) is 6.67. The number of rotatable bonds is 4. The largest absolute Gasteiger partial charge is 0.432 e. The summed E-state index contributed by atoms with van der Waals surface area (Å²) in [6, 6.07) is 7.28. The topological polar surface area (TPSA) is 50.8 Å². The highest BCUT2D eigenvalue weighted by atomic mass is 35.5. The molecule has 0 unspecified atom stereocenters. The van der Waals surface area contributed by atoms with Gasteiger partial charge in [-0.2, -0.15) is 4.98 Å². The van der Waals surface area contributed by atoms with Crippen LogP contribution in [0.5, 0.6) is 0 Å². The molecular formula is C16H14ClN3O2. The number of aromatic nitrogens is 2. The maximum atomic E-state index is 12.6. The molecule has 0 aliphatic rings. The van der Waals surface area contributed by atoms with Crippen LogP contribution in [0.15, 0.2) is 53.4 Å². The molecule has 3 rings (SSSR count). The minimum atomic E-state index is -0.169. The lowest BCUT2D eigenvalue weighted by molar-refractivity contribution is 0.104. The van der Waals surface area contributed by atoms with Gasteiger partial charge in [0, 0.05) is 38.1 Å². The van der Waals surface area contributed by atoms with Crippen molar-refractivity contribution in [1.82, 2.24) is 14.3 Å². The fourth-order valence-corrected chi connectivity index (χ4v) is 2.38. The van der Waals surface area contributed by atoms with Crippen molar-refractivity contribution < 1.29 is 9.21 Å². The van der Waals surface area contributed by atoms with Crippen molar-refractivity contribution in [2.75, 3.05) is 14.1 Å². The van der Waals surface area contributed by atoms with Crippen LogP contribution in [0.1, 0.15) is 10.5 Å². The molecular weight excluding hydrogens is 302 g/mol. The second-order valence-corrected chi connectivity index (χ2v) is 5.40. The molecule has 2 aromatic heterocycles. The monoisotopic (exact) mass is 315 g/mol. The molecule has 0 N–H and O–H groups in total. The summed E-state index contributed by atoms with van der Waals surface area (Å²) in [4.78, 5) is 18.8. The second-order valence-electron chi connectivity index (χ2n) is 4.99. The molecule has 0 saturated heterocycles. The molecule has 0 radical (unpaired) electrons. The summed E-state index contributed by atoms with van der Waals surface area (Å²) in [7, 11) is 3.70. The van der Waals surface area contributed by atoms with Gasteiger partial charge in [-0.1, -0.05) is 29.8 Å². The van der Waals surface area contributed by atoms with E-state index in [0.717, 1.165) is 0 Å². The maximum absolute atomic E-state index is 12.6. The van der Waals surface area contributed by atoms with E-state index in [1.807, 2.05) is 32.3 Å². The number of ketones is 1. The van der Waals surface area contributed by atoms with E-state index < -0.39 is 0 Å². The summed E-state index contributed by atoms with van der Waals surface area (Å²) in [5.74, 6) is 0.189. The van der Waals surface area contributed by atoms with Gasteiger partial charge < -0.3 is 9.32 Å². The number of imidazole rings is 1. The zero-order chi connectivity index (χ0) is 15.7. The summed E-state index contributed by atoms with van der Waals surface area (Å²) < 4.78 is 6.92. The van der Waals surface area contributed by atoms with Crippen LogP contribution in [0.3, 0.4) is 0 Å². The normalized spacial score (nSPS) is 11.4. The number of carbonyl (C=O) groups excluding carboxylic acids is 1. The highest BCUT2D eigenvalue weighted by Crippen LogP contribution is 2.31. The Morgan fingerprint density at radius 1 is 1.36 bits per heavy atom. The molecule has 3 aromatic rings. The third kappa shape index (κ3) is 2.51. The van der Waals surface area contributed by atoms with Gasteiger partial charge in [0.2, 0.25) is 5.78 Å². The molecule has 0 aliphatic carbocycles. The number of allylic oxidation sites excluding steroid dienone is 1. The highest BCUT2D eigenvalue weighted by molar-refractivity contribution is 6.33. The van der Waals surface area contributed by atoms with Crippen LogP contribution in [0, 0.1) is 0 Å². The van der Waals surface area contributed by atoms with Gasteiger partial charge in [-0.15, -0.1) is 0 Å². The number of halogens is 1. The Labute approximate surface area is 132 Å². The third-order valence-corrected chi connectivity index (χ3v) is 3.48. The van der Waals surface area contributed by atoms with Crippen molar-refractivity contribution in [1.29, 1.82) is 0 Å². The SMILES string of the molecule is CN(C)/C=C/C(=O)c1c(-c2ccccc2Cl)nc2occn12.